The van der Waals surface area contributed by atoms with Crippen LogP contribution in [-0.4, -0.2) is 29.8 Å². The molecule has 0 atom stereocenters. The van der Waals surface area contributed by atoms with E-state index in [-0.39, 0.29) is 0 Å². The monoisotopic (exact) mass is 289 g/mol. The van der Waals surface area contributed by atoms with Crippen LogP contribution in [0.15, 0.2) is 30.7 Å². The summed E-state index contributed by atoms with van der Waals surface area (Å²) in [5, 5.41) is 3.35. The number of para-hydroxylation sites is 1. The molecule has 5 heteroatoms. The van der Waals surface area contributed by atoms with E-state index in [0.717, 1.165) is 35.7 Å². The maximum absolute atomic E-state index is 6.02. The van der Waals surface area contributed by atoms with Crippen molar-refractivity contribution in [3.63, 3.8) is 0 Å². The lowest BCUT2D eigenvalue weighted by atomic mass is 10.1. The highest BCUT2D eigenvalue weighted by Crippen LogP contribution is 2.24. The van der Waals surface area contributed by atoms with Gasteiger partial charge in [0.1, 0.15) is 12.4 Å². The third kappa shape index (κ3) is 4.31. The van der Waals surface area contributed by atoms with Crippen LogP contribution in [0.3, 0.4) is 0 Å². The molecule has 0 aliphatic rings. The van der Waals surface area contributed by atoms with Crippen molar-refractivity contribution in [2.75, 3.05) is 20.3 Å². The van der Waals surface area contributed by atoms with Crippen molar-refractivity contribution in [1.82, 2.24) is 14.9 Å². The minimum atomic E-state index is 0.520. The van der Waals surface area contributed by atoms with Gasteiger partial charge in [-0.25, -0.2) is 4.98 Å². The van der Waals surface area contributed by atoms with Gasteiger partial charge in [0, 0.05) is 32.8 Å². The number of hydrogen-bond donors (Lipinski definition) is 1. The average Bonchev–Trinajstić information content (AvgIpc) is 2.88. The number of aryl methyl sites for hydroxylation is 2. The second-order valence-corrected chi connectivity index (χ2v) is 5.02. The van der Waals surface area contributed by atoms with Crippen molar-refractivity contribution in [2.45, 2.75) is 20.1 Å². The Bertz CT molecular complexity index is 566. The van der Waals surface area contributed by atoms with Crippen LogP contribution in [-0.2, 0) is 24.9 Å². The van der Waals surface area contributed by atoms with E-state index in [9.17, 15) is 0 Å². The van der Waals surface area contributed by atoms with Gasteiger partial charge < -0.3 is 19.4 Å². The fourth-order valence-corrected chi connectivity index (χ4v) is 2.13. The van der Waals surface area contributed by atoms with Crippen molar-refractivity contribution >= 4 is 0 Å². The van der Waals surface area contributed by atoms with Crippen molar-refractivity contribution in [3.05, 3.63) is 47.5 Å². The molecule has 0 amide bonds. The first-order valence-corrected chi connectivity index (χ1v) is 7.08. The molecule has 0 unspecified atom stereocenters. The molecule has 1 aromatic carbocycles. The standard InChI is InChI=1S/C16H23N3O2/c1-13-5-4-6-14(9-17-7-8-20-3)16(13)21-11-15-10-18-12-19(15)2/h4-6,10,12,17H,7-9,11H2,1-3H3. The second-order valence-electron chi connectivity index (χ2n) is 5.02. The normalized spacial score (nSPS) is 10.8. The molecule has 1 aromatic heterocycles. The molecule has 0 saturated carbocycles. The minimum Gasteiger partial charge on any atom is -0.487 e. The molecule has 0 spiro atoms. The summed E-state index contributed by atoms with van der Waals surface area (Å²) in [4.78, 5) is 4.11. The highest BCUT2D eigenvalue weighted by atomic mass is 16.5. The lowest BCUT2D eigenvalue weighted by Gasteiger charge is -2.15. The van der Waals surface area contributed by atoms with Crippen LogP contribution in [0.5, 0.6) is 5.75 Å². The van der Waals surface area contributed by atoms with Crippen LogP contribution in [0.25, 0.3) is 0 Å². The van der Waals surface area contributed by atoms with E-state index in [4.69, 9.17) is 9.47 Å². The Morgan fingerprint density at radius 1 is 1.33 bits per heavy atom. The molecule has 1 heterocycles. The van der Waals surface area contributed by atoms with E-state index in [2.05, 4.69) is 35.4 Å². The van der Waals surface area contributed by atoms with Gasteiger partial charge in [-0.15, -0.1) is 0 Å². The Kier molecular flexibility index (Phi) is 5.78. The van der Waals surface area contributed by atoms with Crippen LogP contribution in [0.4, 0.5) is 0 Å². The number of nitrogens with zero attached hydrogens (tertiary/aromatic N) is 2. The summed E-state index contributed by atoms with van der Waals surface area (Å²) in [6.45, 7) is 4.89. The molecule has 2 aromatic rings. The fourth-order valence-electron chi connectivity index (χ4n) is 2.13. The topological polar surface area (TPSA) is 48.3 Å². The van der Waals surface area contributed by atoms with E-state index in [1.165, 1.54) is 0 Å². The van der Waals surface area contributed by atoms with Crippen molar-refractivity contribution < 1.29 is 9.47 Å². The maximum Gasteiger partial charge on any atom is 0.130 e. The first-order chi connectivity index (χ1) is 10.2. The van der Waals surface area contributed by atoms with Gasteiger partial charge in [-0.3, -0.25) is 0 Å². The Morgan fingerprint density at radius 2 is 2.19 bits per heavy atom. The molecule has 0 fully saturated rings. The smallest absolute Gasteiger partial charge is 0.130 e. The summed E-state index contributed by atoms with van der Waals surface area (Å²) in [6.07, 6.45) is 3.61. The number of nitrogens with one attached hydrogen (secondary N) is 1. The Balaban J connectivity index is 2.01. The lowest BCUT2D eigenvalue weighted by Crippen LogP contribution is -2.19. The number of ether oxygens (including phenoxy) is 2. The van der Waals surface area contributed by atoms with Crippen LogP contribution in [0, 0.1) is 6.92 Å². The van der Waals surface area contributed by atoms with E-state index in [0.29, 0.717) is 13.2 Å². The predicted molar refractivity (Wildman–Crippen MR) is 82.3 cm³/mol. The predicted octanol–water partition coefficient (Wildman–Crippen LogP) is 2.04. The molecule has 1 N–H and O–H groups in total. The largest absolute Gasteiger partial charge is 0.487 e. The zero-order valence-corrected chi connectivity index (χ0v) is 12.9. The summed E-state index contributed by atoms with van der Waals surface area (Å²) in [5.41, 5.74) is 3.35. The van der Waals surface area contributed by atoms with Gasteiger partial charge >= 0.3 is 0 Å². The maximum atomic E-state index is 6.02. The third-order valence-electron chi connectivity index (χ3n) is 3.37. The van der Waals surface area contributed by atoms with E-state index in [1.807, 2.05) is 17.8 Å². The molecule has 21 heavy (non-hydrogen) atoms. The number of aromatic nitrogens is 2. The highest BCUT2D eigenvalue weighted by Gasteiger charge is 2.08. The van der Waals surface area contributed by atoms with Gasteiger partial charge in [-0.1, -0.05) is 18.2 Å². The van der Waals surface area contributed by atoms with Crippen molar-refractivity contribution in [1.29, 1.82) is 0 Å². The van der Waals surface area contributed by atoms with Crippen molar-refractivity contribution in [3.8, 4) is 5.75 Å². The molecule has 114 valence electrons. The summed E-state index contributed by atoms with van der Waals surface area (Å²) in [6, 6.07) is 6.21. The molecule has 0 saturated heterocycles. The molecular weight excluding hydrogens is 266 g/mol. The number of methoxy groups -OCH3 is 1. The fraction of sp³-hybridized carbons (Fsp3) is 0.438. The summed E-state index contributed by atoms with van der Waals surface area (Å²) in [7, 11) is 3.67. The first-order valence-electron chi connectivity index (χ1n) is 7.08. The number of rotatable bonds is 8. The molecule has 0 aliphatic carbocycles. The molecule has 5 nitrogen and oxygen atoms in total. The highest BCUT2D eigenvalue weighted by molar-refractivity contribution is 5.40. The summed E-state index contributed by atoms with van der Waals surface area (Å²) < 4.78 is 13.0. The van der Waals surface area contributed by atoms with Crippen LogP contribution in [0.1, 0.15) is 16.8 Å². The quantitative estimate of drug-likeness (QED) is 0.756. The van der Waals surface area contributed by atoms with E-state index < -0.39 is 0 Å². The van der Waals surface area contributed by atoms with Crippen LogP contribution < -0.4 is 10.1 Å². The molecule has 0 bridgehead atoms. The van der Waals surface area contributed by atoms with Gasteiger partial charge in [-0.2, -0.15) is 0 Å². The van der Waals surface area contributed by atoms with Gasteiger partial charge in [0.25, 0.3) is 0 Å². The molecule has 0 radical (unpaired) electrons. The zero-order chi connectivity index (χ0) is 15.1. The number of hydrogen-bond acceptors (Lipinski definition) is 4. The van der Waals surface area contributed by atoms with Gasteiger partial charge in [0.05, 0.1) is 24.8 Å². The summed E-state index contributed by atoms with van der Waals surface area (Å²) >= 11 is 0. The molecule has 2 rings (SSSR count). The van der Waals surface area contributed by atoms with E-state index >= 15 is 0 Å². The lowest BCUT2D eigenvalue weighted by molar-refractivity contribution is 0.199. The number of benzene rings is 1. The van der Waals surface area contributed by atoms with Gasteiger partial charge in [0.15, 0.2) is 0 Å². The van der Waals surface area contributed by atoms with Crippen LogP contribution >= 0.6 is 0 Å². The second kappa shape index (κ2) is 7.81. The summed E-state index contributed by atoms with van der Waals surface area (Å²) in [5.74, 6) is 0.948. The first kappa shape index (κ1) is 15.5. The zero-order valence-electron chi connectivity index (χ0n) is 12.9. The molecular formula is C16H23N3O2. The average molecular weight is 289 g/mol. The van der Waals surface area contributed by atoms with Crippen LogP contribution in [0.2, 0.25) is 0 Å². The minimum absolute atomic E-state index is 0.520. The van der Waals surface area contributed by atoms with Gasteiger partial charge in [-0.05, 0) is 12.5 Å². The SMILES string of the molecule is COCCNCc1cccc(C)c1OCc1cncn1C. The Hall–Kier alpha value is -1.85. The van der Waals surface area contributed by atoms with Gasteiger partial charge in [0.2, 0.25) is 0 Å². The Morgan fingerprint density at radius 3 is 2.90 bits per heavy atom. The number of imidazole rings is 1. The molecule has 0 aliphatic heterocycles. The van der Waals surface area contributed by atoms with E-state index in [1.54, 1.807) is 13.4 Å². The third-order valence-corrected chi connectivity index (χ3v) is 3.37. The Labute approximate surface area is 125 Å². The van der Waals surface area contributed by atoms with Crippen molar-refractivity contribution in [2.24, 2.45) is 7.05 Å².